The van der Waals surface area contributed by atoms with E-state index in [0.29, 0.717) is 0 Å². The van der Waals surface area contributed by atoms with Crippen molar-refractivity contribution in [2.24, 2.45) is 0 Å². The Balaban J connectivity index is 3.44. The molecule has 17 heavy (non-hydrogen) atoms. The van der Waals surface area contributed by atoms with E-state index >= 15 is 0 Å². The van der Waals surface area contributed by atoms with Gasteiger partial charge in [0.05, 0.1) is 0 Å². The first-order valence-electron chi connectivity index (χ1n) is 7.35. The number of unbranched alkanes of at least 4 members (excludes halogenated alkanes) is 7. The van der Waals surface area contributed by atoms with Crippen LogP contribution in [0.15, 0.2) is 0 Å². The molecule has 3 nitrogen and oxygen atoms in total. The minimum Gasteiger partial charge on any atom is -0.264 e. The van der Waals surface area contributed by atoms with Crippen molar-refractivity contribution in [3.63, 3.8) is 0 Å². The maximum Gasteiger partial charge on any atom is 0.213 e. The second kappa shape index (κ2) is 11.9. The zero-order valence-electron chi connectivity index (χ0n) is 11.6. The van der Waals surface area contributed by atoms with Crippen LogP contribution in [0.4, 0.5) is 0 Å². The van der Waals surface area contributed by atoms with Crippen LogP contribution in [0.5, 0.6) is 0 Å². The Morgan fingerprint density at radius 2 is 1.29 bits per heavy atom. The molecular weight excluding hydrogens is 214 g/mol. The Bertz CT molecular complexity index is 183. The lowest BCUT2D eigenvalue weighted by atomic mass is 10.0. The predicted molar refractivity (Wildman–Crippen MR) is 72.9 cm³/mol. The summed E-state index contributed by atoms with van der Waals surface area (Å²) in [6.07, 6.45) is 12.3. The van der Waals surface area contributed by atoms with Crippen LogP contribution in [0.2, 0.25) is 0 Å². The van der Waals surface area contributed by atoms with Crippen molar-refractivity contribution in [2.75, 3.05) is 0 Å². The maximum atomic E-state index is 10.8. The van der Waals surface area contributed by atoms with Gasteiger partial charge >= 0.3 is 0 Å². The molecule has 0 rings (SSSR count). The highest BCUT2D eigenvalue weighted by Gasteiger charge is 2.17. The van der Waals surface area contributed by atoms with E-state index in [1.54, 1.807) is 0 Å². The molecule has 0 saturated carbocycles. The first-order chi connectivity index (χ1) is 8.22. The van der Waals surface area contributed by atoms with Gasteiger partial charge in [-0.1, -0.05) is 58.8 Å². The van der Waals surface area contributed by atoms with Crippen LogP contribution in [0.3, 0.4) is 0 Å². The minimum atomic E-state index is -0.286. The number of hydrogen-bond acceptors (Lipinski definition) is 2. The lowest BCUT2D eigenvalue weighted by Gasteiger charge is -2.08. The van der Waals surface area contributed by atoms with Gasteiger partial charge in [-0.3, -0.25) is 10.1 Å². The van der Waals surface area contributed by atoms with Crippen molar-refractivity contribution in [3.05, 3.63) is 10.1 Å². The molecule has 0 aliphatic carbocycles. The van der Waals surface area contributed by atoms with E-state index in [1.807, 2.05) is 0 Å². The fourth-order valence-corrected chi connectivity index (χ4v) is 2.13. The van der Waals surface area contributed by atoms with Crippen molar-refractivity contribution in [3.8, 4) is 0 Å². The van der Waals surface area contributed by atoms with E-state index in [2.05, 4.69) is 13.8 Å². The molecule has 0 N–H and O–H groups in total. The maximum absolute atomic E-state index is 10.8. The zero-order valence-corrected chi connectivity index (χ0v) is 11.6. The van der Waals surface area contributed by atoms with Gasteiger partial charge in [0.2, 0.25) is 6.04 Å². The summed E-state index contributed by atoms with van der Waals surface area (Å²) in [7, 11) is 0. The molecule has 0 heterocycles. The molecule has 0 spiro atoms. The summed E-state index contributed by atoms with van der Waals surface area (Å²) in [6, 6.07) is -0.286. The van der Waals surface area contributed by atoms with Gasteiger partial charge < -0.3 is 0 Å². The Kier molecular flexibility index (Phi) is 11.5. The third-order valence-electron chi connectivity index (χ3n) is 3.33. The van der Waals surface area contributed by atoms with E-state index in [1.165, 1.54) is 38.5 Å². The number of nitro groups is 1. The summed E-state index contributed by atoms with van der Waals surface area (Å²) < 4.78 is 0. The second-order valence-corrected chi connectivity index (χ2v) is 4.99. The highest BCUT2D eigenvalue weighted by Crippen LogP contribution is 2.14. The molecule has 0 saturated heterocycles. The van der Waals surface area contributed by atoms with Gasteiger partial charge in [0.15, 0.2) is 0 Å². The SMILES string of the molecule is CCCCCCCCCC(CCCC)[N+](=O)[O-]. The van der Waals surface area contributed by atoms with E-state index in [-0.39, 0.29) is 11.0 Å². The molecule has 1 atom stereocenters. The average Bonchev–Trinajstić information content (AvgIpc) is 2.31. The molecule has 0 aromatic heterocycles. The Hall–Kier alpha value is -0.600. The van der Waals surface area contributed by atoms with Crippen molar-refractivity contribution < 1.29 is 4.92 Å². The van der Waals surface area contributed by atoms with Crippen molar-refractivity contribution in [1.82, 2.24) is 0 Å². The summed E-state index contributed by atoms with van der Waals surface area (Å²) >= 11 is 0. The van der Waals surface area contributed by atoms with Gasteiger partial charge in [0, 0.05) is 17.8 Å². The molecule has 0 bridgehead atoms. The lowest BCUT2D eigenvalue weighted by molar-refractivity contribution is -0.524. The van der Waals surface area contributed by atoms with Crippen molar-refractivity contribution in [1.29, 1.82) is 0 Å². The number of nitrogens with zero attached hydrogens (tertiary/aromatic N) is 1. The van der Waals surface area contributed by atoms with Crippen LogP contribution >= 0.6 is 0 Å². The molecule has 3 heteroatoms. The Labute approximate surface area is 106 Å². The molecule has 0 amide bonds. The topological polar surface area (TPSA) is 43.1 Å². The quantitative estimate of drug-likeness (QED) is 0.276. The Morgan fingerprint density at radius 3 is 1.82 bits per heavy atom. The van der Waals surface area contributed by atoms with Gasteiger partial charge in [-0.25, -0.2) is 0 Å². The predicted octanol–water partition coefficient (Wildman–Crippen LogP) is 4.96. The third-order valence-corrected chi connectivity index (χ3v) is 3.33. The minimum absolute atomic E-state index is 0.0766. The van der Waals surface area contributed by atoms with E-state index < -0.39 is 0 Å². The van der Waals surface area contributed by atoms with Crippen molar-refractivity contribution in [2.45, 2.75) is 90.5 Å². The van der Waals surface area contributed by atoms with Crippen LogP contribution in [0, 0.1) is 10.1 Å². The van der Waals surface area contributed by atoms with Crippen LogP contribution < -0.4 is 0 Å². The lowest BCUT2D eigenvalue weighted by Crippen LogP contribution is -2.19. The average molecular weight is 243 g/mol. The Morgan fingerprint density at radius 1 is 0.824 bits per heavy atom. The molecule has 0 radical (unpaired) electrons. The summed E-state index contributed by atoms with van der Waals surface area (Å²) in [6.45, 7) is 4.31. The highest BCUT2D eigenvalue weighted by atomic mass is 16.6. The fraction of sp³-hybridized carbons (Fsp3) is 1.00. The molecule has 102 valence electrons. The monoisotopic (exact) mass is 243 g/mol. The molecule has 1 unspecified atom stereocenters. The van der Waals surface area contributed by atoms with E-state index in [0.717, 1.165) is 32.1 Å². The fourth-order valence-electron chi connectivity index (χ4n) is 2.13. The molecule has 0 aromatic rings. The number of hydrogen-bond donors (Lipinski definition) is 0. The van der Waals surface area contributed by atoms with Crippen LogP contribution in [0.1, 0.15) is 84.5 Å². The molecular formula is C14H29NO2. The highest BCUT2D eigenvalue weighted by molar-refractivity contribution is 4.57. The first-order valence-corrected chi connectivity index (χ1v) is 7.35. The first kappa shape index (κ1) is 16.4. The summed E-state index contributed by atoms with van der Waals surface area (Å²) in [5, 5.41) is 10.8. The van der Waals surface area contributed by atoms with Crippen LogP contribution in [-0.4, -0.2) is 11.0 Å². The largest absolute Gasteiger partial charge is 0.264 e. The van der Waals surface area contributed by atoms with Crippen LogP contribution in [0.25, 0.3) is 0 Å². The van der Waals surface area contributed by atoms with Crippen LogP contribution in [-0.2, 0) is 0 Å². The van der Waals surface area contributed by atoms with Gasteiger partial charge in [0.25, 0.3) is 0 Å². The normalized spacial score (nSPS) is 12.6. The summed E-state index contributed by atoms with van der Waals surface area (Å²) in [5.74, 6) is 0. The molecule has 0 aliphatic heterocycles. The molecule has 0 aromatic carbocycles. The standard InChI is InChI=1S/C14H29NO2/c1-3-5-7-8-9-10-11-13-14(15(16)17)12-6-4-2/h14H,3-13H2,1-2H3. The number of rotatable bonds is 12. The van der Waals surface area contributed by atoms with Gasteiger partial charge in [0.1, 0.15) is 0 Å². The molecule has 0 fully saturated rings. The van der Waals surface area contributed by atoms with E-state index in [4.69, 9.17) is 0 Å². The van der Waals surface area contributed by atoms with Gasteiger partial charge in [-0.15, -0.1) is 0 Å². The van der Waals surface area contributed by atoms with E-state index in [9.17, 15) is 10.1 Å². The summed E-state index contributed by atoms with van der Waals surface area (Å²) in [4.78, 5) is 10.7. The molecule has 0 aliphatic rings. The second-order valence-electron chi connectivity index (χ2n) is 4.99. The smallest absolute Gasteiger partial charge is 0.213 e. The third kappa shape index (κ3) is 10.3. The summed E-state index contributed by atoms with van der Waals surface area (Å²) in [5.41, 5.74) is 0. The zero-order chi connectivity index (χ0) is 12.9. The van der Waals surface area contributed by atoms with Gasteiger partial charge in [-0.05, 0) is 12.8 Å². The van der Waals surface area contributed by atoms with Gasteiger partial charge in [-0.2, -0.15) is 0 Å². The van der Waals surface area contributed by atoms with Crippen molar-refractivity contribution >= 4 is 0 Å².